The van der Waals surface area contributed by atoms with Gasteiger partial charge in [0, 0.05) is 12.5 Å². The second-order valence-electron chi connectivity index (χ2n) is 6.47. The molecule has 2 radical (unpaired) electrons. The highest BCUT2D eigenvalue weighted by atomic mass is 32.2. The molecule has 9 nitrogen and oxygen atoms in total. The Morgan fingerprint density at radius 3 is 2.59 bits per heavy atom. The molecular formula is C18H17BN2O7S. The van der Waals surface area contributed by atoms with E-state index in [1.54, 1.807) is 24.3 Å². The first-order valence-corrected chi connectivity index (χ1v) is 10.0. The zero-order valence-corrected chi connectivity index (χ0v) is 16.3. The molecule has 1 aromatic rings. The zero-order chi connectivity index (χ0) is 21.1. The number of esters is 1. The second-order valence-corrected chi connectivity index (χ2v) is 8.00. The Balaban J connectivity index is 1.78. The standard InChI is InChI=1S/C18H17BN2O7S/c1-10(22)27-8-12-9-29(26)17-14(16(24)21(17)15(12)18(25)28-19)20-13(23)7-11-5-3-2-4-6-11/h2-6,14,17H,7-9H2,1H3,(H,20,23)/t14-,17-,29?/m1/s1. The van der Waals surface area contributed by atoms with Crippen molar-refractivity contribution in [2.45, 2.75) is 24.8 Å². The number of amides is 2. The fraction of sp³-hybridized carbons (Fsp3) is 0.333. The predicted octanol–water partition coefficient (Wildman–Crippen LogP) is -0.912. The van der Waals surface area contributed by atoms with Crippen LogP contribution in [0.2, 0.25) is 0 Å². The highest BCUT2D eigenvalue weighted by molar-refractivity contribution is 7.86. The van der Waals surface area contributed by atoms with Gasteiger partial charge in [0.05, 0.1) is 23.0 Å². The van der Waals surface area contributed by atoms with E-state index in [1.165, 1.54) is 6.92 Å². The third-order valence-corrected chi connectivity index (χ3v) is 6.13. The van der Waals surface area contributed by atoms with Crippen LogP contribution in [0.15, 0.2) is 41.6 Å². The average Bonchev–Trinajstić information content (AvgIpc) is 2.70. The number of nitrogens with zero attached hydrogens (tertiary/aromatic N) is 1. The summed E-state index contributed by atoms with van der Waals surface area (Å²) in [6.45, 7) is 0.851. The van der Waals surface area contributed by atoms with Crippen LogP contribution in [0.5, 0.6) is 0 Å². The van der Waals surface area contributed by atoms with E-state index in [9.17, 15) is 23.4 Å². The summed E-state index contributed by atoms with van der Waals surface area (Å²) in [6, 6.07) is 7.89. The van der Waals surface area contributed by atoms with Gasteiger partial charge >= 0.3 is 20.0 Å². The van der Waals surface area contributed by atoms with Gasteiger partial charge in [-0.15, -0.1) is 0 Å². The molecule has 0 saturated carbocycles. The number of nitrogens with one attached hydrogen (secondary N) is 1. The van der Waals surface area contributed by atoms with E-state index in [4.69, 9.17) is 12.8 Å². The number of β-lactam (4-membered cyclic amide) rings is 1. The van der Waals surface area contributed by atoms with E-state index in [1.807, 2.05) is 6.07 Å². The van der Waals surface area contributed by atoms with Crippen LogP contribution < -0.4 is 5.32 Å². The quantitative estimate of drug-likeness (QED) is 0.362. The van der Waals surface area contributed by atoms with Crippen LogP contribution in [0.4, 0.5) is 0 Å². The number of fused-ring (bicyclic) bond motifs is 1. The number of carbonyl (C=O) groups excluding carboxylic acids is 4. The van der Waals surface area contributed by atoms with Gasteiger partial charge in [-0.1, -0.05) is 30.3 Å². The van der Waals surface area contributed by atoms with Crippen LogP contribution in [0, 0.1) is 0 Å². The van der Waals surface area contributed by atoms with Gasteiger partial charge in [0.15, 0.2) is 0 Å². The summed E-state index contributed by atoms with van der Waals surface area (Å²) in [6.07, 6.45) is 0.0508. The molecule has 1 saturated heterocycles. The molecule has 150 valence electrons. The van der Waals surface area contributed by atoms with Gasteiger partial charge in [-0.05, 0) is 5.56 Å². The number of carbonyl (C=O) groups is 4. The van der Waals surface area contributed by atoms with Crippen molar-refractivity contribution in [1.82, 2.24) is 10.2 Å². The Labute approximate surface area is 170 Å². The summed E-state index contributed by atoms with van der Waals surface area (Å²) in [5, 5.41) is 1.64. The molecule has 0 aromatic heterocycles. The lowest BCUT2D eigenvalue weighted by atomic mass is 10.0. The van der Waals surface area contributed by atoms with Gasteiger partial charge in [-0.25, -0.2) is 4.79 Å². The lowest BCUT2D eigenvalue weighted by Crippen LogP contribution is -2.73. The van der Waals surface area contributed by atoms with Gasteiger partial charge in [-0.2, -0.15) is 0 Å². The van der Waals surface area contributed by atoms with E-state index in [0.29, 0.717) is 0 Å². The van der Waals surface area contributed by atoms with E-state index in [2.05, 4.69) is 9.97 Å². The van der Waals surface area contributed by atoms with Gasteiger partial charge in [0.2, 0.25) is 5.91 Å². The summed E-state index contributed by atoms with van der Waals surface area (Å²) in [4.78, 5) is 49.1. The third-order valence-electron chi connectivity index (χ3n) is 4.48. The molecule has 2 amide bonds. The molecular weight excluding hydrogens is 399 g/mol. The van der Waals surface area contributed by atoms with Crippen LogP contribution in [-0.4, -0.2) is 64.7 Å². The normalized spacial score (nSPS) is 23.0. The summed E-state index contributed by atoms with van der Waals surface area (Å²) in [5.74, 6) is -2.78. The first-order chi connectivity index (χ1) is 13.8. The van der Waals surface area contributed by atoms with Crippen LogP contribution in [0.1, 0.15) is 12.5 Å². The number of hydrogen-bond acceptors (Lipinski definition) is 7. The summed E-state index contributed by atoms with van der Waals surface area (Å²) in [5.41, 5.74) is 0.707. The lowest BCUT2D eigenvalue weighted by Gasteiger charge is -2.49. The lowest BCUT2D eigenvalue weighted by molar-refractivity contribution is -0.150. The van der Waals surface area contributed by atoms with Crippen molar-refractivity contribution >= 4 is 42.6 Å². The first kappa shape index (κ1) is 20.8. The predicted molar refractivity (Wildman–Crippen MR) is 101 cm³/mol. The maximum absolute atomic E-state index is 12.7. The Hall–Kier alpha value is -2.95. The minimum absolute atomic E-state index is 0.0508. The number of ether oxygens (including phenoxy) is 1. The maximum Gasteiger partial charge on any atom is 0.378 e. The molecule has 0 spiro atoms. The summed E-state index contributed by atoms with van der Waals surface area (Å²) >= 11 is 0. The molecule has 2 heterocycles. The number of benzene rings is 1. The van der Waals surface area contributed by atoms with E-state index in [0.717, 1.165) is 10.5 Å². The smallest absolute Gasteiger partial charge is 0.378 e. The van der Waals surface area contributed by atoms with Crippen LogP contribution >= 0.6 is 0 Å². The van der Waals surface area contributed by atoms with Crippen molar-refractivity contribution in [3.63, 3.8) is 0 Å². The molecule has 29 heavy (non-hydrogen) atoms. The molecule has 0 aliphatic carbocycles. The molecule has 3 atom stereocenters. The highest BCUT2D eigenvalue weighted by Gasteiger charge is 2.57. The fourth-order valence-electron chi connectivity index (χ4n) is 3.20. The Bertz CT molecular complexity index is 918. The van der Waals surface area contributed by atoms with Crippen molar-refractivity contribution in [2.24, 2.45) is 0 Å². The van der Waals surface area contributed by atoms with Crippen LogP contribution in [0.25, 0.3) is 0 Å². The fourth-order valence-corrected chi connectivity index (χ4v) is 4.87. The number of hydrogen-bond donors (Lipinski definition) is 1. The monoisotopic (exact) mass is 416 g/mol. The molecule has 11 heteroatoms. The largest absolute Gasteiger partial charge is 0.539 e. The maximum atomic E-state index is 12.7. The minimum atomic E-state index is -1.63. The van der Waals surface area contributed by atoms with Crippen LogP contribution in [-0.2, 0) is 45.8 Å². The second kappa shape index (κ2) is 8.60. The number of rotatable bonds is 6. The van der Waals surface area contributed by atoms with Gasteiger partial charge < -0.3 is 14.7 Å². The Morgan fingerprint density at radius 1 is 1.28 bits per heavy atom. The van der Waals surface area contributed by atoms with Gasteiger partial charge in [0.25, 0.3) is 5.91 Å². The Morgan fingerprint density at radius 2 is 1.97 bits per heavy atom. The third kappa shape index (κ3) is 4.24. The van der Waals surface area contributed by atoms with E-state index < -0.39 is 46.0 Å². The zero-order valence-electron chi connectivity index (χ0n) is 15.5. The van der Waals surface area contributed by atoms with Crippen molar-refractivity contribution in [3.05, 3.63) is 47.2 Å². The average molecular weight is 416 g/mol. The van der Waals surface area contributed by atoms with Gasteiger partial charge in [0.1, 0.15) is 23.7 Å². The molecule has 2 aliphatic heterocycles. The summed E-state index contributed by atoms with van der Waals surface area (Å²) in [7, 11) is 3.33. The van der Waals surface area contributed by atoms with E-state index >= 15 is 0 Å². The van der Waals surface area contributed by atoms with Crippen molar-refractivity contribution in [2.75, 3.05) is 12.4 Å². The van der Waals surface area contributed by atoms with Crippen molar-refractivity contribution in [3.8, 4) is 0 Å². The minimum Gasteiger partial charge on any atom is -0.539 e. The highest BCUT2D eigenvalue weighted by Crippen LogP contribution is 2.35. The molecule has 0 bridgehead atoms. The molecule has 1 unspecified atom stereocenters. The molecule has 1 N–H and O–H groups in total. The van der Waals surface area contributed by atoms with Crippen LogP contribution in [0.3, 0.4) is 0 Å². The Kier molecular flexibility index (Phi) is 6.16. The van der Waals surface area contributed by atoms with Crippen molar-refractivity contribution < 1.29 is 32.8 Å². The SMILES string of the molecule is [B]OC(=O)C1=C(COC(C)=O)CS(=O)[C@@H]2[C@H](NC(=O)Cc3ccccc3)C(=O)N12. The summed E-state index contributed by atoms with van der Waals surface area (Å²) < 4.78 is 21.8. The molecule has 1 fully saturated rings. The van der Waals surface area contributed by atoms with Crippen molar-refractivity contribution in [1.29, 1.82) is 0 Å². The molecule has 1 aromatic carbocycles. The first-order valence-electron chi connectivity index (χ1n) is 8.63. The topological polar surface area (TPSA) is 119 Å². The molecule has 3 rings (SSSR count). The van der Waals surface area contributed by atoms with Gasteiger partial charge in [-0.3, -0.25) is 23.5 Å². The molecule has 2 aliphatic rings. The van der Waals surface area contributed by atoms with E-state index in [-0.39, 0.29) is 30.1 Å².